The third kappa shape index (κ3) is 3.05. The van der Waals surface area contributed by atoms with Crippen molar-refractivity contribution in [3.8, 4) is 0 Å². The van der Waals surface area contributed by atoms with Gasteiger partial charge in [0.1, 0.15) is 5.82 Å². The van der Waals surface area contributed by atoms with E-state index in [4.69, 9.17) is 0 Å². The van der Waals surface area contributed by atoms with Crippen LogP contribution < -0.4 is 0 Å². The summed E-state index contributed by atoms with van der Waals surface area (Å²) in [5, 5.41) is 10.6. The summed E-state index contributed by atoms with van der Waals surface area (Å²) in [7, 11) is 2.03. The Morgan fingerprint density at radius 1 is 1.47 bits per heavy atom. The molecule has 0 amide bonds. The summed E-state index contributed by atoms with van der Waals surface area (Å²) in [5.74, 6) is -0.209. The quantitative estimate of drug-likeness (QED) is 0.852. The molecule has 3 heteroatoms. The van der Waals surface area contributed by atoms with E-state index in [-0.39, 0.29) is 5.82 Å². The van der Waals surface area contributed by atoms with Gasteiger partial charge >= 0.3 is 0 Å². The molecule has 0 aliphatic carbocycles. The van der Waals surface area contributed by atoms with E-state index in [1.54, 1.807) is 6.07 Å². The van der Waals surface area contributed by atoms with Crippen LogP contribution in [0.15, 0.2) is 18.2 Å². The van der Waals surface area contributed by atoms with Crippen molar-refractivity contribution in [3.05, 3.63) is 35.1 Å². The van der Waals surface area contributed by atoms with Gasteiger partial charge in [-0.25, -0.2) is 4.39 Å². The van der Waals surface area contributed by atoms with E-state index in [0.29, 0.717) is 13.0 Å². The number of piperidine rings is 1. The van der Waals surface area contributed by atoms with Gasteiger partial charge in [0.15, 0.2) is 0 Å². The third-order valence-corrected chi connectivity index (χ3v) is 3.57. The van der Waals surface area contributed by atoms with Crippen molar-refractivity contribution in [2.75, 3.05) is 20.1 Å². The fourth-order valence-electron chi connectivity index (χ4n) is 2.70. The highest BCUT2D eigenvalue weighted by molar-refractivity contribution is 5.28. The van der Waals surface area contributed by atoms with Gasteiger partial charge in [0.2, 0.25) is 0 Å². The van der Waals surface area contributed by atoms with Gasteiger partial charge in [-0.3, -0.25) is 0 Å². The topological polar surface area (TPSA) is 23.5 Å². The number of likely N-dealkylation sites (tertiary alicyclic amines) is 1. The molecule has 0 radical (unpaired) electrons. The largest absolute Gasteiger partial charge is 0.388 e. The molecule has 1 atom stereocenters. The summed E-state index contributed by atoms with van der Waals surface area (Å²) in [6.07, 6.45) is 2.46. The molecule has 94 valence electrons. The summed E-state index contributed by atoms with van der Waals surface area (Å²) >= 11 is 0. The molecule has 1 aromatic rings. The van der Waals surface area contributed by atoms with Crippen LogP contribution >= 0.6 is 0 Å². The Labute approximate surface area is 102 Å². The molecule has 1 heterocycles. The number of benzene rings is 1. The van der Waals surface area contributed by atoms with E-state index in [1.807, 2.05) is 14.0 Å². The summed E-state index contributed by atoms with van der Waals surface area (Å²) in [6.45, 7) is 3.64. The minimum absolute atomic E-state index is 0.209. The minimum atomic E-state index is -0.657. The van der Waals surface area contributed by atoms with Crippen molar-refractivity contribution in [2.24, 2.45) is 0 Å². The van der Waals surface area contributed by atoms with Crippen molar-refractivity contribution < 1.29 is 9.50 Å². The van der Waals surface area contributed by atoms with Gasteiger partial charge in [-0.15, -0.1) is 0 Å². The molecule has 1 aliphatic heterocycles. The highest BCUT2D eigenvalue weighted by Crippen LogP contribution is 2.26. The molecule has 0 aromatic heterocycles. The summed E-state index contributed by atoms with van der Waals surface area (Å²) in [5.41, 5.74) is 1.31. The lowest BCUT2D eigenvalue weighted by Crippen LogP contribution is -2.47. The number of nitrogens with zero attached hydrogens (tertiary/aromatic N) is 1. The number of likely N-dealkylation sites (N-methyl/N-ethyl adjacent to an activating group) is 1. The molecule has 2 rings (SSSR count). The van der Waals surface area contributed by atoms with Crippen LogP contribution in [0.4, 0.5) is 4.39 Å². The van der Waals surface area contributed by atoms with Crippen LogP contribution in [-0.2, 0) is 6.42 Å². The monoisotopic (exact) mass is 237 g/mol. The predicted molar refractivity (Wildman–Crippen MR) is 66.5 cm³/mol. The minimum Gasteiger partial charge on any atom is -0.388 e. The number of rotatable bonds is 2. The second-order valence-electron chi connectivity index (χ2n) is 5.31. The molecule has 1 saturated heterocycles. The Morgan fingerprint density at radius 2 is 2.24 bits per heavy atom. The highest BCUT2D eigenvalue weighted by atomic mass is 19.1. The SMILES string of the molecule is Cc1cc(F)ccc1CC1(O)CCCN(C)C1. The Bertz CT molecular complexity index is 407. The second kappa shape index (κ2) is 4.75. The maximum absolute atomic E-state index is 13.0. The number of aliphatic hydroxyl groups is 1. The molecule has 2 nitrogen and oxygen atoms in total. The molecular weight excluding hydrogens is 217 g/mol. The Morgan fingerprint density at radius 3 is 2.88 bits per heavy atom. The number of halogens is 1. The first-order valence-electron chi connectivity index (χ1n) is 6.14. The first-order valence-corrected chi connectivity index (χ1v) is 6.14. The summed E-state index contributed by atoms with van der Waals surface area (Å²) < 4.78 is 13.0. The van der Waals surface area contributed by atoms with Gasteiger partial charge < -0.3 is 10.0 Å². The molecule has 17 heavy (non-hydrogen) atoms. The van der Waals surface area contributed by atoms with Gasteiger partial charge in [-0.1, -0.05) is 6.07 Å². The van der Waals surface area contributed by atoms with E-state index in [0.717, 1.165) is 30.5 Å². The van der Waals surface area contributed by atoms with Gasteiger partial charge in [0, 0.05) is 13.0 Å². The normalized spacial score (nSPS) is 26.1. The van der Waals surface area contributed by atoms with Crippen molar-refractivity contribution in [3.63, 3.8) is 0 Å². The van der Waals surface area contributed by atoms with Crippen LogP contribution in [0.25, 0.3) is 0 Å². The molecule has 1 unspecified atom stereocenters. The molecule has 0 bridgehead atoms. The zero-order valence-electron chi connectivity index (χ0n) is 10.5. The van der Waals surface area contributed by atoms with Crippen LogP contribution in [0.2, 0.25) is 0 Å². The predicted octanol–water partition coefficient (Wildman–Crippen LogP) is 2.13. The second-order valence-corrected chi connectivity index (χ2v) is 5.31. The molecule has 1 aliphatic rings. The molecule has 0 spiro atoms. The zero-order valence-corrected chi connectivity index (χ0v) is 10.5. The van der Waals surface area contributed by atoms with Gasteiger partial charge in [-0.2, -0.15) is 0 Å². The van der Waals surface area contributed by atoms with E-state index < -0.39 is 5.60 Å². The lowest BCUT2D eigenvalue weighted by molar-refractivity contribution is -0.0225. The van der Waals surface area contributed by atoms with Crippen molar-refractivity contribution in [1.29, 1.82) is 0 Å². The molecule has 1 fully saturated rings. The smallest absolute Gasteiger partial charge is 0.123 e. The Kier molecular flexibility index (Phi) is 3.50. The van der Waals surface area contributed by atoms with Crippen molar-refractivity contribution in [2.45, 2.75) is 31.8 Å². The van der Waals surface area contributed by atoms with Gasteiger partial charge in [0.25, 0.3) is 0 Å². The van der Waals surface area contributed by atoms with Crippen molar-refractivity contribution in [1.82, 2.24) is 4.90 Å². The lowest BCUT2D eigenvalue weighted by atomic mass is 9.85. The number of aryl methyl sites for hydroxylation is 1. The van der Waals surface area contributed by atoms with E-state index >= 15 is 0 Å². The number of β-amino-alcohol motifs (C(OH)–C–C–N with tert-alkyl or cyclic N) is 1. The highest BCUT2D eigenvalue weighted by Gasteiger charge is 2.32. The van der Waals surface area contributed by atoms with Crippen LogP contribution in [0.1, 0.15) is 24.0 Å². The fourth-order valence-corrected chi connectivity index (χ4v) is 2.70. The first-order chi connectivity index (χ1) is 7.98. The summed E-state index contributed by atoms with van der Waals surface area (Å²) in [4.78, 5) is 2.16. The van der Waals surface area contributed by atoms with E-state index in [9.17, 15) is 9.50 Å². The first kappa shape index (κ1) is 12.5. The maximum Gasteiger partial charge on any atom is 0.123 e. The van der Waals surface area contributed by atoms with Gasteiger partial charge in [0.05, 0.1) is 5.60 Å². The average Bonchev–Trinajstić information content (AvgIpc) is 2.22. The number of hydrogen-bond acceptors (Lipinski definition) is 2. The maximum atomic E-state index is 13.0. The standard InChI is InChI=1S/C14H20FNO/c1-11-8-13(15)5-4-12(11)9-14(17)6-3-7-16(2)10-14/h4-5,8,17H,3,6-7,9-10H2,1-2H3. The molecule has 0 saturated carbocycles. The molecular formula is C14H20FNO. The average molecular weight is 237 g/mol. The van der Waals surface area contributed by atoms with Crippen LogP contribution in [0, 0.1) is 12.7 Å². The molecule has 1 aromatic carbocycles. The van der Waals surface area contributed by atoms with E-state index in [1.165, 1.54) is 12.1 Å². The number of hydrogen-bond donors (Lipinski definition) is 1. The third-order valence-electron chi connectivity index (χ3n) is 3.57. The van der Waals surface area contributed by atoms with Crippen LogP contribution in [0.3, 0.4) is 0 Å². The zero-order chi connectivity index (χ0) is 12.5. The van der Waals surface area contributed by atoms with Crippen molar-refractivity contribution >= 4 is 0 Å². The Balaban J connectivity index is 2.14. The Hall–Kier alpha value is -0.930. The lowest BCUT2D eigenvalue weighted by Gasteiger charge is -2.37. The van der Waals surface area contributed by atoms with Crippen LogP contribution in [-0.4, -0.2) is 35.7 Å². The molecule has 1 N–H and O–H groups in total. The van der Waals surface area contributed by atoms with Crippen LogP contribution in [0.5, 0.6) is 0 Å². The fraction of sp³-hybridized carbons (Fsp3) is 0.571. The summed E-state index contributed by atoms with van der Waals surface area (Å²) in [6, 6.07) is 4.79. The van der Waals surface area contributed by atoms with E-state index in [2.05, 4.69) is 4.90 Å². The van der Waals surface area contributed by atoms with Gasteiger partial charge in [-0.05, 0) is 56.6 Å².